The summed E-state index contributed by atoms with van der Waals surface area (Å²) in [6.07, 6.45) is 0.238. The first-order valence-corrected chi connectivity index (χ1v) is 8.16. The lowest BCUT2D eigenvalue weighted by Gasteiger charge is -2.06. The molecule has 134 valence electrons. The second-order valence-corrected chi connectivity index (χ2v) is 5.39. The number of amides is 1. The minimum absolute atomic E-state index is 0.155. The lowest BCUT2D eigenvalue weighted by Crippen LogP contribution is -2.24. The van der Waals surface area contributed by atoms with Crippen LogP contribution < -0.4 is 14.8 Å². The van der Waals surface area contributed by atoms with Crippen molar-refractivity contribution in [3.05, 3.63) is 60.5 Å². The molecule has 0 radical (unpaired) electrons. The molecule has 0 spiro atoms. The third-order valence-electron chi connectivity index (χ3n) is 3.58. The third kappa shape index (κ3) is 4.60. The van der Waals surface area contributed by atoms with Crippen LogP contribution in [0.2, 0.25) is 0 Å². The topological polar surface area (TPSA) is 86.5 Å². The second-order valence-electron chi connectivity index (χ2n) is 5.39. The highest BCUT2D eigenvalue weighted by atomic mass is 16.5. The SMILES string of the molecule is COc1ccccc1-c1nnc(CNC(=O)CCOc2ccccc2)o1. The fourth-order valence-electron chi connectivity index (χ4n) is 2.30. The summed E-state index contributed by atoms with van der Waals surface area (Å²) in [6, 6.07) is 16.7. The average molecular weight is 353 g/mol. The van der Waals surface area contributed by atoms with Crippen LogP contribution in [-0.4, -0.2) is 29.8 Å². The maximum atomic E-state index is 11.9. The fourth-order valence-corrected chi connectivity index (χ4v) is 2.30. The Morgan fingerprint density at radius 1 is 1.08 bits per heavy atom. The molecule has 7 heteroatoms. The van der Waals surface area contributed by atoms with Gasteiger partial charge < -0.3 is 19.2 Å². The van der Waals surface area contributed by atoms with E-state index in [2.05, 4.69) is 15.5 Å². The standard InChI is InChI=1S/C19H19N3O4/c1-24-16-10-6-5-9-15(16)19-22-21-18(26-19)13-20-17(23)11-12-25-14-7-3-2-4-8-14/h2-10H,11-13H2,1H3,(H,20,23). The number of carbonyl (C=O) groups excluding carboxylic acids is 1. The van der Waals surface area contributed by atoms with Crippen LogP contribution in [0.5, 0.6) is 11.5 Å². The molecule has 1 heterocycles. The molecule has 0 saturated heterocycles. The third-order valence-corrected chi connectivity index (χ3v) is 3.58. The number of benzene rings is 2. The molecule has 3 rings (SSSR count). The molecule has 1 N–H and O–H groups in total. The normalized spacial score (nSPS) is 10.3. The van der Waals surface area contributed by atoms with E-state index in [1.165, 1.54) is 0 Å². The number of hydrogen-bond acceptors (Lipinski definition) is 6. The van der Waals surface area contributed by atoms with Crippen molar-refractivity contribution >= 4 is 5.91 Å². The van der Waals surface area contributed by atoms with Crippen molar-refractivity contribution < 1.29 is 18.7 Å². The molecule has 2 aromatic carbocycles. The van der Waals surface area contributed by atoms with Gasteiger partial charge in [-0.25, -0.2) is 0 Å². The van der Waals surface area contributed by atoms with E-state index in [1.807, 2.05) is 54.6 Å². The smallest absolute Gasteiger partial charge is 0.251 e. The molecule has 26 heavy (non-hydrogen) atoms. The van der Waals surface area contributed by atoms with Crippen LogP contribution in [0.1, 0.15) is 12.3 Å². The number of methoxy groups -OCH3 is 1. The Hall–Kier alpha value is -3.35. The molecule has 1 aromatic heterocycles. The first-order valence-electron chi connectivity index (χ1n) is 8.16. The van der Waals surface area contributed by atoms with Crippen molar-refractivity contribution in [2.24, 2.45) is 0 Å². The molecule has 0 saturated carbocycles. The van der Waals surface area contributed by atoms with Gasteiger partial charge in [0.2, 0.25) is 11.8 Å². The van der Waals surface area contributed by atoms with Gasteiger partial charge in [-0.1, -0.05) is 30.3 Å². The molecule has 0 bridgehead atoms. The summed E-state index contributed by atoms with van der Waals surface area (Å²) in [5, 5.41) is 10.7. The van der Waals surface area contributed by atoms with Crippen molar-refractivity contribution in [1.29, 1.82) is 0 Å². The molecule has 7 nitrogen and oxygen atoms in total. The van der Waals surface area contributed by atoms with Gasteiger partial charge in [0.05, 0.1) is 32.2 Å². The lowest BCUT2D eigenvalue weighted by molar-refractivity contribution is -0.121. The summed E-state index contributed by atoms with van der Waals surface area (Å²) < 4.78 is 16.4. The van der Waals surface area contributed by atoms with E-state index < -0.39 is 0 Å². The lowest BCUT2D eigenvalue weighted by atomic mass is 10.2. The molecular formula is C19H19N3O4. The zero-order chi connectivity index (χ0) is 18.2. The minimum Gasteiger partial charge on any atom is -0.496 e. The van der Waals surface area contributed by atoms with Crippen LogP contribution in [0.25, 0.3) is 11.5 Å². The first-order chi connectivity index (χ1) is 12.8. The predicted octanol–water partition coefficient (Wildman–Crippen LogP) is 2.83. The minimum atomic E-state index is -0.155. The summed E-state index contributed by atoms with van der Waals surface area (Å²) in [6.45, 7) is 0.457. The summed E-state index contributed by atoms with van der Waals surface area (Å²) >= 11 is 0. The van der Waals surface area contributed by atoms with E-state index in [0.717, 1.165) is 5.75 Å². The quantitative estimate of drug-likeness (QED) is 0.670. The van der Waals surface area contributed by atoms with Crippen molar-refractivity contribution in [3.63, 3.8) is 0 Å². The van der Waals surface area contributed by atoms with E-state index in [4.69, 9.17) is 13.9 Å². The van der Waals surface area contributed by atoms with Crippen molar-refractivity contribution in [2.45, 2.75) is 13.0 Å². The van der Waals surface area contributed by atoms with Crippen molar-refractivity contribution in [2.75, 3.05) is 13.7 Å². The highest BCUT2D eigenvalue weighted by molar-refractivity contribution is 5.75. The van der Waals surface area contributed by atoms with E-state index in [9.17, 15) is 4.79 Å². The zero-order valence-electron chi connectivity index (χ0n) is 14.3. The molecule has 1 amide bonds. The number of carbonyl (C=O) groups is 1. The Morgan fingerprint density at radius 3 is 2.65 bits per heavy atom. The average Bonchev–Trinajstić information content (AvgIpc) is 3.16. The number of hydrogen-bond donors (Lipinski definition) is 1. The van der Waals surface area contributed by atoms with Gasteiger partial charge in [0, 0.05) is 0 Å². The summed E-state index contributed by atoms with van der Waals surface area (Å²) in [7, 11) is 1.58. The van der Waals surface area contributed by atoms with E-state index >= 15 is 0 Å². The van der Waals surface area contributed by atoms with Gasteiger partial charge in [0.25, 0.3) is 5.89 Å². The highest BCUT2D eigenvalue weighted by Gasteiger charge is 2.13. The number of aromatic nitrogens is 2. The number of nitrogens with one attached hydrogen (secondary N) is 1. The van der Waals surface area contributed by atoms with Gasteiger partial charge in [-0.15, -0.1) is 10.2 Å². The van der Waals surface area contributed by atoms with E-state index in [-0.39, 0.29) is 18.9 Å². The first kappa shape index (κ1) is 17.5. The second kappa shape index (κ2) is 8.66. The Morgan fingerprint density at radius 2 is 1.85 bits per heavy atom. The molecule has 3 aromatic rings. The van der Waals surface area contributed by atoms with Crippen molar-refractivity contribution in [3.8, 4) is 23.0 Å². The summed E-state index contributed by atoms with van der Waals surface area (Å²) in [4.78, 5) is 11.9. The maximum absolute atomic E-state index is 11.9. The van der Waals surface area contributed by atoms with Gasteiger partial charge >= 0.3 is 0 Å². The van der Waals surface area contributed by atoms with Crippen LogP contribution in [-0.2, 0) is 11.3 Å². The number of para-hydroxylation sites is 2. The van der Waals surface area contributed by atoms with Gasteiger partial charge in [-0.3, -0.25) is 4.79 Å². The monoisotopic (exact) mass is 353 g/mol. The van der Waals surface area contributed by atoms with Crippen molar-refractivity contribution in [1.82, 2.24) is 15.5 Å². The van der Waals surface area contributed by atoms with Gasteiger partial charge in [-0.2, -0.15) is 0 Å². The van der Waals surface area contributed by atoms with Gasteiger partial charge in [0.1, 0.15) is 11.5 Å². The van der Waals surface area contributed by atoms with Gasteiger partial charge in [0.15, 0.2) is 0 Å². The molecule has 0 unspecified atom stereocenters. The number of ether oxygens (including phenoxy) is 2. The zero-order valence-corrected chi connectivity index (χ0v) is 14.3. The largest absolute Gasteiger partial charge is 0.496 e. The molecular weight excluding hydrogens is 334 g/mol. The van der Waals surface area contributed by atoms with Crippen LogP contribution in [0.4, 0.5) is 0 Å². The molecule has 0 atom stereocenters. The Kier molecular flexibility index (Phi) is 5.82. The van der Waals surface area contributed by atoms with Gasteiger partial charge in [-0.05, 0) is 24.3 Å². The molecule has 0 aliphatic rings. The fraction of sp³-hybridized carbons (Fsp3) is 0.211. The van der Waals surface area contributed by atoms with E-state index in [0.29, 0.717) is 29.7 Å². The van der Waals surface area contributed by atoms with Crippen LogP contribution >= 0.6 is 0 Å². The Labute approximate surface area is 151 Å². The molecule has 0 aliphatic heterocycles. The summed E-state index contributed by atoms with van der Waals surface area (Å²) in [5.74, 6) is 1.89. The highest BCUT2D eigenvalue weighted by Crippen LogP contribution is 2.28. The summed E-state index contributed by atoms with van der Waals surface area (Å²) in [5.41, 5.74) is 0.705. The number of rotatable bonds is 8. The van der Waals surface area contributed by atoms with Crippen LogP contribution in [0, 0.1) is 0 Å². The van der Waals surface area contributed by atoms with Crippen LogP contribution in [0.15, 0.2) is 59.0 Å². The Bertz CT molecular complexity index is 849. The van der Waals surface area contributed by atoms with E-state index in [1.54, 1.807) is 7.11 Å². The molecule has 0 fully saturated rings. The predicted molar refractivity (Wildman–Crippen MR) is 94.7 cm³/mol. The van der Waals surface area contributed by atoms with Crippen LogP contribution in [0.3, 0.4) is 0 Å². The Balaban J connectivity index is 1.48. The number of nitrogens with zero attached hydrogens (tertiary/aromatic N) is 2. The maximum Gasteiger partial charge on any atom is 0.251 e. The molecule has 0 aliphatic carbocycles.